The van der Waals surface area contributed by atoms with Crippen molar-refractivity contribution in [3.8, 4) is 50.2 Å². The van der Waals surface area contributed by atoms with Crippen molar-refractivity contribution < 1.29 is 4.42 Å². The summed E-state index contributed by atoms with van der Waals surface area (Å²) in [5.41, 5.74) is 24.0. The highest BCUT2D eigenvalue weighted by molar-refractivity contribution is 5.93. The molecule has 9 aromatic carbocycles. The lowest BCUT2D eigenvalue weighted by molar-refractivity contribution is 0.574. The van der Waals surface area contributed by atoms with Crippen molar-refractivity contribution in [3.05, 3.63) is 251 Å². The maximum absolute atomic E-state index is 6.35. The van der Waals surface area contributed by atoms with Gasteiger partial charge in [-0.05, 0) is 153 Å². The average molecular weight is 873 g/mol. The van der Waals surface area contributed by atoms with Crippen LogP contribution in [-0.2, 0) is 11.8 Å². The summed E-state index contributed by atoms with van der Waals surface area (Å²) in [5, 5.41) is 3.55. The van der Waals surface area contributed by atoms with Gasteiger partial charge in [0.1, 0.15) is 11.0 Å². The van der Waals surface area contributed by atoms with Crippen molar-refractivity contribution in [3.63, 3.8) is 0 Å². The molecule has 0 aliphatic heterocycles. The monoisotopic (exact) mass is 872 g/mol. The SMILES string of the molecule is Cc1c(-c2ccccc2)ccc2c1C(C)(C)c1cc(N(c3ccc(-c4ccccc4)cc3)c3ccc(-c4ccc(-n5c6c(c7ccccc75)CC=c5oc7ccccc7c5=C6)cc4)cc3)ccc1-2. The van der Waals surface area contributed by atoms with Gasteiger partial charge < -0.3 is 13.9 Å². The predicted octanol–water partition coefficient (Wildman–Crippen LogP) is 15.6. The quantitative estimate of drug-likeness (QED) is 0.159. The molecule has 3 nitrogen and oxygen atoms in total. The minimum atomic E-state index is -0.188. The second kappa shape index (κ2) is 15.6. The van der Waals surface area contributed by atoms with Gasteiger partial charge in [0, 0.05) is 44.2 Å². The van der Waals surface area contributed by atoms with Crippen LogP contribution >= 0.6 is 0 Å². The molecule has 0 N–H and O–H groups in total. The van der Waals surface area contributed by atoms with Crippen LogP contribution in [0.15, 0.2) is 217 Å². The van der Waals surface area contributed by atoms with Crippen LogP contribution in [0.4, 0.5) is 17.1 Å². The highest BCUT2D eigenvalue weighted by Gasteiger charge is 2.38. The molecule has 0 unspecified atom stereocenters. The van der Waals surface area contributed by atoms with Gasteiger partial charge in [-0.1, -0.05) is 166 Å². The number of hydrogen-bond donors (Lipinski definition) is 0. The van der Waals surface area contributed by atoms with Crippen molar-refractivity contribution in [2.75, 3.05) is 4.90 Å². The first-order valence-corrected chi connectivity index (χ1v) is 23.7. The maximum Gasteiger partial charge on any atom is 0.135 e. The summed E-state index contributed by atoms with van der Waals surface area (Å²) in [5.74, 6) is 0. The number of hydrogen-bond acceptors (Lipinski definition) is 2. The van der Waals surface area contributed by atoms with Crippen LogP contribution in [0.3, 0.4) is 0 Å². The molecular formula is C65H48N2O. The standard InChI is InChI=1S/C65H48N2O/c1-42-52(47-16-8-5-9-17-47)36-37-57-53-35-34-51(40-59(53)65(2,3)64(42)57)66(48-28-22-44(23-29-48)43-14-6-4-7-15-43)49-30-24-45(25-31-49)46-26-32-50(33-27-46)67-60-20-12-10-18-54(60)55-38-39-63-58(41-61(55)67)56-19-11-13-21-62(56)68-63/h4-37,39-41H,38H2,1-3H3. The molecule has 13 rings (SSSR count). The number of benzene rings is 9. The first-order valence-electron chi connectivity index (χ1n) is 23.7. The number of para-hydroxylation sites is 2. The molecule has 11 aromatic rings. The second-order valence-corrected chi connectivity index (χ2v) is 18.9. The first kappa shape index (κ1) is 39.9. The van der Waals surface area contributed by atoms with E-state index in [0.29, 0.717) is 0 Å². The molecule has 0 saturated carbocycles. The van der Waals surface area contributed by atoms with Crippen molar-refractivity contribution in [1.29, 1.82) is 0 Å². The third-order valence-corrected chi connectivity index (χ3v) is 14.7. The highest BCUT2D eigenvalue weighted by Crippen LogP contribution is 2.53. The van der Waals surface area contributed by atoms with Gasteiger partial charge in [0.2, 0.25) is 0 Å². The van der Waals surface area contributed by atoms with Crippen LogP contribution in [0.5, 0.6) is 0 Å². The molecule has 0 saturated heterocycles. The van der Waals surface area contributed by atoms with Crippen molar-refractivity contribution in [2.45, 2.75) is 32.6 Å². The summed E-state index contributed by atoms with van der Waals surface area (Å²) < 4.78 is 8.77. The van der Waals surface area contributed by atoms with Crippen molar-refractivity contribution in [1.82, 2.24) is 4.57 Å². The summed E-state index contributed by atoms with van der Waals surface area (Å²) >= 11 is 0. The van der Waals surface area contributed by atoms with E-state index in [4.69, 9.17) is 4.42 Å². The van der Waals surface area contributed by atoms with Crippen molar-refractivity contribution in [2.24, 2.45) is 0 Å². The van der Waals surface area contributed by atoms with Crippen LogP contribution < -0.4 is 15.5 Å². The fourth-order valence-corrected chi connectivity index (χ4v) is 11.4. The average Bonchev–Trinajstić information content (AvgIpc) is 3.93. The molecule has 2 aliphatic rings. The van der Waals surface area contributed by atoms with Gasteiger partial charge in [-0.3, -0.25) is 0 Å². The Morgan fingerprint density at radius 1 is 0.500 bits per heavy atom. The van der Waals surface area contributed by atoms with Gasteiger partial charge in [0.15, 0.2) is 0 Å². The number of furan rings is 1. The van der Waals surface area contributed by atoms with E-state index in [1.54, 1.807) is 0 Å². The maximum atomic E-state index is 6.35. The number of rotatable bonds is 7. The third-order valence-electron chi connectivity index (χ3n) is 14.7. The smallest absolute Gasteiger partial charge is 0.135 e. The molecule has 0 atom stereocenters. The van der Waals surface area contributed by atoms with E-state index in [1.807, 2.05) is 6.07 Å². The topological polar surface area (TPSA) is 21.3 Å². The van der Waals surface area contributed by atoms with Crippen LogP contribution in [0, 0.1) is 6.92 Å². The number of anilines is 3. The molecular weight excluding hydrogens is 825 g/mol. The highest BCUT2D eigenvalue weighted by atomic mass is 16.3. The molecule has 3 heteroatoms. The molecule has 324 valence electrons. The second-order valence-electron chi connectivity index (χ2n) is 18.9. The molecule has 0 bridgehead atoms. The van der Waals surface area contributed by atoms with Gasteiger partial charge in [0.25, 0.3) is 0 Å². The zero-order valence-corrected chi connectivity index (χ0v) is 38.4. The summed E-state index contributed by atoms with van der Waals surface area (Å²) in [4.78, 5) is 2.41. The van der Waals surface area contributed by atoms with Gasteiger partial charge in [-0.2, -0.15) is 0 Å². The van der Waals surface area contributed by atoms with Crippen LogP contribution in [0.1, 0.15) is 41.8 Å². The molecule has 2 aromatic heterocycles. The summed E-state index contributed by atoms with van der Waals surface area (Å²) in [6, 6.07) is 77.4. The molecule has 0 radical (unpaired) electrons. The van der Waals surface area contributed by atoms with Crippen LogP contribution in [-0.4, -0.2) is 4.57 Å². The largest absolute Gasteiger partial charge is 0.456 e. The molecule has 0 fully saturated rings. The molecule has 2 aliphatic carbocycles. The number of aromatic nitrogens is 1. The van der Waals surface area contributed by atoms with E-state index < -0.39 is 0 Å². The van der Waals surface area contributed by atoms with E-state index in [2.05, 4.69) is 249 Å². The minimum absolute atomic E-state index is 0.188. The number of nitrogens with zero attached hydrogens (tertiary/aromatic N) is 2. The van der Waals surface area contributed by atoms with E-state index in [9.17, 15) is 0 Å². The van der Waals surface area contributed by atoms with Gasteiger partial charge in [0.05, 0.1) is 11.2 Å². The van der Waals surface area contributed by atoms with Crippen molar-refractivity contribution >= 4 is 51.1 Å². The fourth-order valence-electron chi connectivity index (χ4n) is 11.4. The van der Waals surface area contributed by atoms with Crippen LogP contribution in [0.2, 0.25) is 0 Å². The Hall–Kier alpha value is -8.40. The summed E-state index contributed by atoms with van der Waals surface area (Å²) in [7, 11) is 0. The lowest BCUT2D eigenvalue weighted by Crippen LogP contribution is -2.19. The Kier molecular flexibility index (Phi) is 9.16. The van der Waals surface area contributed by atoms with E-state index in [1.165, 1.54) is 83.4 Å². The third kappa shape index (κ3) is 6.34. The molecule has 68 heavy (non-hydrogen) atoms. The molecule has 2 heterocycles. The Bertz CT molecular complexity index is 3870. The molecule has 0 spiro atoms. The zero-order valence-electron chi connectivity index (χ0n) is 38.4. The summed E-state index contributed by atoms with van der Waals surface area (Å²) in [6.45, 7) is 7.09. The predicted molar refractivity (Wildman–Crippen MR) is 284 cm³/mol. The Balaban J connectivity index is 0.872. The van der Waals surface area contributed by atoms with E-state index in [0.717, 1.165) is 50.8 Å². The van der Waals surface area contributed by atoms with Crippen LogP contribution in [0.25, 0.3) is 84.2 Å². The van der Waals surface area contributed by atoms with E-state index >= 15 is 0 Å². The van der Waals surface area contributed by atoms with Gasteiger partial charge >= 0.3 is 0 Å². The first-order chi connectivity index (χ1) is 33.4. The number of fused-ring (bicyclic) bond motifs is 9. The normalized spacial score (nSPS) is 13.2. The Morgan fingerprint density at radius 3 is 1.74 bits per heavy atom. The minimum Gasteiger partial charge on any atom is -0.456 e. The molecule has 0 amide bonds. The fraction of sp³-hybridized carbons (Fsp3) is 0.0769. The van der Waals surface area contributed by atoms with E-state index in [-0.39, 0.29) is 5.41 Å². The Morgan fingerprint density at radius 2 is 1.04 bits per heavy atom. The Labute approximate surface area is 396 Å². The van der Waals surface area contributed by atoms with Gasteiger partial charge in [-0.25, -0.2) is 0 Å². The lowest BCUT2D eigenvalue weighted by atomic mass is 9.78. The summed E-state index contributed by atoms with van der Waals surface area (Å²) in [6.07, 6.45) is 5.38. The lowest BCUT2D eigenvalue weighted by Gasteiger charge is -2.29. The zero-order chi connectivity index (χ0) is 45.5. The van der Waals surface area contributed by atoms with Gasteiger partial charge in [-0.15, -0.1) is 0 Å².